The highest BCUT2D eigenvalue weighted by molar-refractivity contribution is 8.00. The lowest BCUT2D eigenvalue weighted by Crippen LogP contribution is -2.30. The third-order valence-corrected chi connectivity index (χ3v) is 3.37. The van der Waals surface area contributed by atoms with E-state index in [2.05, 4.69) is 4.98 Å². The second-order valence-corrected chi connectivity index (χ2v) is 4.93. The number of nitrogens with two attached hydrogens (primary N) is 1. The summed E-state index contributed by atoms with van der Waals surface area (Å²) >= 11 is 1.59. The Bertz CT molecular complexity index is 421. The van der Waals surface area contributed by atoms with Crippen molar-refractivity contribution in [1.82, 2.24) is 4.98 Å². The summed E-state index contributed by atoms with van der Waals surface area (Å²) in [6.45, 7) is 3.55. The summed E-state index contributed by atoms with van der Waals surface area (Å²) in [5.74, 6) is -0.404. The first kappa shape index (κ1) is 12.2. The van der Waals surface area contributed by atoms with Gasteiger partial charge in [0.2, 0.25) is 0 Å². The van der Waals surface area contributed by atoms with E-state index in [1.807, 2.05) is 0 Å². The van der Waals surface area contributed by atoms with Gasteiger partial charge >= 0.3 is 5.97 Å². The Morgan fingerprint density at radius 2 is 2.47 bits per heavy atom. The van der Waals surface area contributed by atoms with Crippen molar-refractivity contribution in [3.8, 4) is 0 Å². The van der Waals surface area contributed by atoms with Crippen LogP contribution in [-0.2, 0) is 9.47 Å². The number of ether oxygens (including phenoxy) is 2. The van der Waals surface area contributed by atoms with Crippen LogP contribution >= 0.6 is 11.8 Å². The Hall–Kier alpha value is -1.27. The van der Waals surface area contributed by atoms with Gasteiger partial charge < -0.3 is 15.2 Å². The SMILES string of the molecule is CCOC(=O)c1cc(SC2COC2)ncc1N. The van der Waals surface area contributed by atoms with Gasteiger partial charge in [0.25, 0.3) is 0 Å². The predicted octanol–water partition coefficient (Wildman–Crippen LogP) is 1.33. The molecule has 0 spiro atoms. The molecule has 0 saturated carbocycles. The van der Waals surface area contributed by atoms with E-state index in [0.29, 0.717) is 23.1 Å². The minimum atomic E-state index is -0.404. The summed E-state index contributed by atoms with van der Waals surface area (Å²) in [6, 6.07) is 1.68. The Labute approximate surface area is 104 Å². The van der Waals surface area contributed by atoms with Crippen LogP contribution in [0, 0.1) is 0 Å². The molecule has 1 saturated heterocycles. The fourth-order valence-electron chi connectivity index (χ4n) is 1.35. The first-order chi connectivity index (χ1) is 8.20. The highest BCUT2D eigenvalue weighted by Crippen LogP contribution is 2.28. The van der Waals surface area contributed by atoms with Crippen LogP contribution in [0.15, 0.2) is 17.3 Å². The molecule has 1 aromatic rings. The van der Waals surface area contributed by atoms with Crippen LogP contribution in [0.5, 0.6) is 0 Å². The van der Waals surface area contributed by atoms with E-state index in [1.165, 1.54) is 6.20 Å². The largest absolute Gasteiger partial charge is 0.462 e. The Morgan fingerprint density at radius 3 is 3.06 bits per heavy atom. The Kier molecular flexibility index (Phi) is 3.86. The maximum atomic E-state index is 11.6. The number of pyridine rings is 1. The van der Waals surface area contributed by atoms with Crippen LogP contribution in [0.3, 0.4) is 0 Å². The Morgan fingerprint density at radius 1 is 1.71 bits per heavy atom. The van der Waals surface area contributed by atoms with Gasteiger partial charge in [-0.2, -0.15) is 0 Å². The molecule has 17 heavy (non-hydrogen) atoms. The lowest BCUT2D eigenvalue weighted by Gasteiger charge is -2.24. The van der Waals surface area contributed by atoms with Crippen LogP contribution in [0.1, 0.15) is 17.3 Å². The van der Waals surface area contributed by atoms with Crippen molar-refractivity contribution < 1.29 is 14.3 Å². The van der Waals surface area contributed by atoms with Crippen LogP contribution in [0.25, 0.3) is 0 Å². The van der Waals surface area contributed by atoms with Crippen molar-refractivity contribution >= 4 is 23.4 Å². The highest BCUT2D eigenvalue weighted by Gasteiger charge is 2.21. The smallest absolute Gasteiger partial charge is 0.340 e. The van der Waals surface area contributed by atoms with E-state index in [1.54, 1.807) is 24.8 Å². The summed E-state index contributed by atoms with van der Waals surface area (Å²) in [5, 5.41) is 1.19. The minimum Gasteiger partial charge on any atom is -0.462 e. The maximum absolute atomic E-state index is 11.6. The third-order valence-electron chi connectivity index (χ3n) is 2.30. The lowest BCUT2D eigenvalue weighted by atomic mass is 10.2. The maximum Gasteiger partial charge on any atom is 0.340 e. The first-order valence-electron chi connectivity index (χ1n) is 5.37. The molecule has 92 valence electrons. The van der Waals surface area contributed by atoms with Crippen LogP contribution in [-0.4, -0.2) is 36.0 Å². The van der Waals surface area contributed by atoms with Crippen molar-refractivity contribution in [3.05, 3.63) is 17.8 Å². The number of anilines is 1. The van der Waals surface area contributed by atoms with E-state index in [0.717, 1.165) is 18.2 Å². The molecule has 2 heterocycles. The van der Waals surface area contributed by atoms with Gasteiger partial charge in [0, 0.05) is 0 Å². The summed E-state index contributed by atoms with van der Waals surface area (Å²) in [6.07, 6.45) is 1.49. The third kappa shape index (κ3) is 2.89. The number of hydrogen-bond acceptors (Lipinski definition) is 6. The average molecular weight is 254 g/mol. The van der Waals surface area contributed by atoms with Gasteiger partial charge in [-0.05, 0) is 13.0 Å². The summed E-state index contributed by atoms with van der Waals surface area (Å²) in [7, 11) is 0. The molecule has 1 fully saturated rings. The van der Waals surface area contributed by atoms with E-state index < -0.39 is 5.97 Å². The molecule has 2 N–H and O–H groups in total. The molecule has 5 nitrogen and oxygen atoms in total. The normalized spacial score (nSPS) is 15.4. The summed E-state index contributed by atoms with van der Waals surface area (Å²) in [5.41, 5.74) is 6.42. The number of rotatable bonds is 4. The topological polar surface area (TPSA) is 74.4 Å². The van der Waals surface area contributed by atoms with Crippen molar-refractivity contribution in [3.63, 3.8) is 0 Å². The lowest BCUT2D eigenvalue weighted by molar-refractivity contribution is 0.0454. The molecule has 1 aromatic heterocycles. The van der Waals surface area contributed by atoms with E-state index in [-0.39, 0.29) is 0 Å². The molecular formula is C11H14N2O3S. The van der Waals surface area contributed by atoms with Crippen LogP contribution in [0.4, 0.5) is 5.69 Å². The average Bonchev–Trinajstić information content (AvgIpc) is 2.25. The highest BCUT2D eigenvalue weighted by atomic mass is 32.2. The van der Waals surface area contributed by atoms with Crippen molar-refractivity contribution in [2.75, 3.05) is 25.6 Å². The molecule has 0 atom stereocenters. The monoisotopic (exact) mass is 254 g/mol. The molecule has 0 amide bonds. The zero-order chi connectivity index (χ0) is 12.3. The van der Waals surface area contributed by atoms with Gasteiger partial charge in [0.15, 0.2) is 0 Å². The molecule has 6 heteroatoms. The first-order valence-corrected chi connectivity index (χ1v) is 6.25. The molecule has 1 aliphatic rings. The van der Waals surface area contributed by atoms with Gasteiger partial charge in [-0.25, -0.2) is 9.78 Å². The van der Waals surface area contributed by atoms with Gasteiger partial charge in [0.05, 0.1) is 47.5 Å². The standard InChI is InChI=1S/C11H14N2O3S/c1-2-16-11(14)8-3-10(13-4-9(8)12)17-7-5-15-6-7/h3-4,7H,2,5-6,12H2,1H3. The number of nitrogens with zero attached hydrogens (tertiary/aromatic N) is 1. The van der Waals surface area contributed by atoms with Gasteiger partial charge in [-0.15, -0.1) is 0 Å². The zero-order valence-electron chi connectivity index (χ0n) is 9.51. The second-order valence-electron chi connectivity index (χ2n) is 3.61. The number of nitrogen functional groups attached to an aromatic ring is 1. The molecular weight excluding hydrogens is 240 g/mol. The predicted molar refractivity (Wildman–Crippen MR) is 65.1 cm³/mol. The van der Waals surface area contributed by atoms with E-state index >= 15 is 0 Å². The summed E-state index contributed by atoms with van der Waals surface area (Å²) < 4.78 is 10.0. The van der Waals surface area contributed by atoms with Crippen LogP contribution in [0.2, 0.25) is 0 Å². The van der Waals surface area contributed by atoms with E-state index in [4.69, 9.17) is 15.2 Å². The fourth-order valence-corrected chi connectivity index (χ4v) is 2.32. The second kappa shape index (κ2) is 5.37. The quantitative estimate of drug-likeness (QED) is 0.817. The van der Waals surface area contributed by atoms with E-state index in [9.17, 15) is 4.79 Å². The number of aromatic nitrogens is 1. The molecule has 0 aromatic carbocycles. The Balaban J connectivity index is 2.13. The molecule has 0 radical (unpaired) electrons. The van der Waals surface area contributed by atoms with Crippen molar-refractivity contribution in [2.24, 2.45) is 0 Å². The van der Waals surface area contributed by atoms with Crippen LogP contribution < -0.4 is 5.73 Å². The van der Waals surface area contributed by atoms with Gasteiger partial charge in [-0.3, -0.25) is 0 Å². The number of thioether (sulfide) groups is 1. The molecule has 0 unspecified atom stereocenters. The summed E-state index contributed by atoms with van der Waals surface area (Å²) in [4.78, 5) is 15.8. The molecule has 2 rings (SSSR count). The molecule has 1 aliphatic heterocycles. The van der Waals surface area contributed by atoms with Crippen molar-refractivity contribution in [2.45, 2.75) is 17.2 Å². The van der Waals surface area contributed by atoms with Gasteiger partial charge in [-0.1, -0.05) is 11.8 Å². The minimum absolute atomic E-state index is 0.333. The fraction of sp³-hybridized carbons (Fsp3) is 0.455. The molecule has 0 aliphatic carbocycles. The number of carbonyl (C=O) groups is 1. The molecule has 0 bridgehead atoms. The number of hydrogen-bond donors (Lipinski definition) is 1. The van der Waals surface area contributed by atoms with Gasteiger partial charge in [0.1, 0.15) is 0 Å². The van der Waals surface area contributed by atoms with Crippen molar-refractivity contribution in [1.29, 1.82) is 0 Å². The number of esters is 1. The number of carbonyl (C=O) groups excluding carboxylic acids is 1. The zero-order valence-corrected chi connectivity index (χ0v) is 10.3.